The summed E-state index contributed by atoms with van der Waals surface area (Å²) < 4.78 is 13.3. The second kappa shape index (κ2) is 9.27. The summed E-state index contributed by atoms with van der Waals surface area (Å²) in [6, 6.07) is 19.9. The topological polar surface area (TPSA) is 54.9 Å². The fourth-order valence-electron chi connectivity index (χ4n) is 3.24. The van der Waals surface area contributed by atoms with Crippen LogP contribution in [0, 0.1) is 12.7 Å². The zero-order valence-corrected chi connectivity index (χ0v) is 18.2. The summed E-state index contributed by atoms with van der Waals surface area (Å²) in [6.45, 7) is 4.05. The zero-order chi connectivity index (χ0) is 21.8. The number of nitrogens with one attached hydrogen (secondary N) is 1. The molecule has 0 aliphatic heterocycles. The number of aromatic nitrogens is 2. The van der Waals surface area contributed by atoms with Crippen LogP contribution in [0.4, 0.5) is 10.1 Å². The normalized spacial score (nSPS) is 10.9. The maximum absolute atomic E-state index is 13.3. The summed E-state index contributed by atoms with van der Waals surface area (Å²) in [6.07, 6.45) is 0.896. The van der Waals surface area contributed by atoms with Gasteiger partial charge in [0.1, 0.15) is 10.8 Å². The lowest BCUT2D eigenvalue weighted by Crippen LogP contribution is -2.15. The standard InChI is InChI=1S/C25H22FN3OS/c1-3-17-8-13-22-20(14-17)25(29-24(28-22)18-9-11-19(26)12-10-18)31-15-23(30)27-21-7-5-4-6-16(21)2/h4-14H,3,15H2,1-2H3,(H,27,30). The quantitative estimate of drug-likeness (QED) is 0.299. The van der Waals surface area contributed by atoms with Crippen molar-refractivity contribution < 1.29 is 9.18 Å². The Balaban J connectivity index is 1.64. The number of carbonyl (C=O) groups excluding carboxylic acids is 1. The second-order valence-corrected chi connectivity index (χ2v) is 8.18. The average Bonchev–Trinajstić information content (AvgIpc) is 2.79. The van der Waals surface area contributed by atoms with Crippen LogP contribution in [-0.4, -0.2) is 21.6 Å². The fraction of sp³-hybridized carbons (Fsp3) is 0.160. The molecule has 0 aliphatic carbocycles. The molecule has 4 nitrogen and oxygen atoms in total. The number of nitrogens with zero attached hydrogens (tertiary/aromatic N) is 2. The fourth-order valence-corrected chi connectivity index (χ4v) is 4.05. The predicted molar refractivity (Wildman–Crippen MR) is 125 cm³/mol. The summed E-state index contributed by atoms with van der Waals surface area (Å²) >= 11 is 1.38. The van der Waals surface area contributed by atoms with Gasteiger partial charge < -0.3 is 5.32 Å². The van der Waals surface area contributed by atoms with Gasteiger partial charge in [-0.15, -0.1) is 0 Å². The Kier molecular flexibility index (Phi) is 6.28. The molecule has 0 unspecified atom stereocenters. The van der Waals surface area contributed by atoms with Crippen LogP contribution in [0.5, 0.6) is 0 Å². The van der Waals surface area contributed by atoms with E-state index in [4.69, 9.17) is 4.98 Å². The number of amides is 1. The smallest absolute Gasteiger partial charge is 0.234 e. The lowest BCUT2D eigenvalue weighted by molar-refractivity contribution is -0.113. The minimum absolute atomic E-state index is 0.0963. The Morgan fingerprint density at radius 3 is 2.55 bits per heavy atom. The van der Waals surface area contributed by atoms with E-state index in [2.05, 4.69) is 23.3 Å². The molecule has 0 fully saturated rings. The lowest BCUT2D eigenvalue weighted by atomic mass is 10.1. The molecule has 3 aromatic carbocycles. The van der Waals surface area contributed by atoms with Crippen LogP contribution >= 0.6 is 11.8 Å². The number of thioether (sulfide) groups is 1. The van der Waals surface area contributed by atoms with Gasteiger partial charge in [-0.2, -0.15) is 0 Å². The van der Waals surface area contributed by atoms with Gasteiger partial charge in [0, 0.05) is 16.6 Å². The summed E-state index contributed by atoms with van der Waals surface area (Å²) in [5.74, 6) is 0.332. The highest BCUT2D eigenvalue weighted by Gasteiger charge is 2.13. The number of hydrogen-bond acceptors (Lipinski definition) is 4. The highest BCUT2D eigenvalue weighted by molar-refractivity contribution is 8.00. The number of fused-ring (bicyclic) bond motifs is 1. The van der Waals surface area contributed by atoms with Gasteiger partial charge in [-0.1, -0.05) is 43.0 Å². The van der Waals surface area contributed by atoms with Crippen molar-refractivity contribution in [3.05, 3.63) is 83.7 Å². The molecule has 0 aliphatic rings. The molecule has 4 aromatic rings. The molecule has 1 N–H and O–H groups in total. The van der Waals surface area contributed by atoms with Gasteiger partial charge in [-0.05, 0) is 66.9 Å². The summed E-state index contributed by atoms with van der Waals surface area (Å²) in [5, 5.41) is 4.61. The number of aryl methyl sites for hydroxylation is 2. The third-order valence-corrected chi connectivity index (χ3v) is 5.99. The maximum atomic E-state index is 13.3. The Labute approximate surface area is 184 Å². The molecule has 1 amide bonds. The maximum Gasteiger partial charge on any atom is 0.234 e. The van der Waals surface area contributed by atoms with E-state index in [1.165, 1.54) is 29.5 Å². The molecule has 0 spiro atoms. The molecule has 0 saturated carbocycles. The number of hydrogen-bond donors (Lipinski definition) is 1. The van der Waals surface area contributed by atoms with Crippen LogP contribution in [0.3, 0.4) is 0 Å². The number of benzene rings is 3. The van der Waals surface area contributed by atoms with Gasteiger partial charge in [0.25, 0.3) is 0 Å². The highest BCUT2D eigenvalue weighted by atomic mass is 32.2. The van der Waals surface area contributed by atoms with Gasteiger partial charge >= 0.3 is 0 Å². The lowest BCUT2D eigenvalue weighted by Gasteiger charge is -2.11. The van der Waals surface area contributed by atoms with Crippen molar-refractivity contribution in [3.8, 4) is 11.4 Å². The molecule has 1 aromatic heterocycles. The molecule has 0 radical (unpaired) electrons. The number of anilines is 1. The molecular weight excluding hydrogens is 409 g/mol. The SMILES string of the molecule is CCc1ccc2nc(-c3ccc(F)cc3)nc(SCC(=O)Nc3ccccc3C)c2c1. The average molecular weight is 432 g/mol. The second-order valence-electron chi connectivity index (χ2n) is 7.22. The van der Waals surface area contributed by atoms with Gasteiger partial charge in [0.2, 0.25) is 5.91 Å². The molecule has 1 heterocycles. The Morgan fingerprint density at radius 2 is 1.81 bits per heavy atom. The molecular formula is C25H22FN3OS. The first-order chi connectivity index (χ1) is 15.0. The summed E-state index contributed by atoms with van der Waals surface area (Å²) in [5.41, 5.74) is 4.53. The van der Waals surface area contributed by atoms with Crippen molar-refractivity contribution in [1.29, 1.82) is 0 Å². The third-order valence-electron chi connectivity index (χ3n) is 4.99. The van der Waals surface area contributed by atoms with E-state index in [1.807, 2.05) is 43.3 Å². The van der Waals surface area contributed by atoms with Crippen molar-refractivity contribution in [2.45, 2.75) is 25.3 Å². The Morgan fingerprint density at radius 1 is 1.03 bits per heavy atom. The van der Waals surface area contributed by atoms with Crippen molar-refractivity contribution in [3.63, 3.8) is 0 Å². The van der Waals surface area contributed by atoms with Crippen LogP contribution in [0.25, 0.3) is 22.3 Å². The van der Waals surface area contributed by atoms with Crippen molar-refractivity contribution in [2.75, 3.05) is 11.1 Å². The molecule has 6 heteroatoms. The van der Waals surface area contributed by atoms with E-state index in [9.17, 15) is 9.18 Å². The van der Waals surface area contributed by atoms with Crippen molar-refractivity contribution >= 4 is 34.3 Å². The van der Waals surface area contributed by atoms with Crippen LogP contribution in [0.2, 0.25) is 0 Å². The van der Waals surface area contributed by atoms with E-state index < -0.39 is 0 Å². The largest absolute Gasteiger partial charge is 0.325 e. The Hall–Kier alpha value is -3.25. The van der Waals surface area contributed by atoms with Gasteiger partial charge in [-0.3, -0.25) is 4.79 Å². The van der Waals surface area contributed by atoms with E-state index in [0.717, 1.165) is 39.2 Å². The molecule has 4 rings (SSSR count). The van der Waals surface area contributed by atoms with Crippen LogP contribution in [-0.2, 0) is 11.2 Å². The first-order valence-electron chi connectivity index (χ1n) is 10.1. The minimum atomic E-state index is -0.306. The van der Waals surface area contributed by atoms with Crippen LogP contribution in [0.15, 0.2) is 71.8 Å². The molecule has 0 bridgehead atoms. The number of halogens is 1. The van der Waals surface area contributed by atoms with Gasteiger partial charge in [0.05, 0.1) is 11.3 Å². The number of rotatable bonds is 6. The van der Waals surface area contributed by atoms with Crippen LogP contribution < -0.4 is 5.32 Å². The van der Waals surface area contributed by atoms with E-state index in [1.54, 1.807) is 12.1 Å². The summed E-state index contributed by atoms with van der Waals surface area (Å²) in [4.78, 5) is 22.0. The van der Waals surface area contributed by atoms with E-state index >= 15 is 0 Å². The highest BCUT2D eigenvalue weighted by Crippen LogP contribution is 2.30. The zero-order valence-electron chi connectivity index (χ0n) is 17.4. The summed E-state index contributed by atoms with van der Waals surface area (Å²) in [7, 11) is 0. The molecule has 31 heavy (non-hydrogen) atoms. The van der Waals surface area contributed by atoms with Crippen LogP contribution in [0.1, 0.15) is 18.1 Å². The number of carbonyl (C=O) groups is 1. The van der Waals surface area contributed by atoms with E-state index in [0.29, 0.717) is 5.82 Å². The molecule has 156 valence electrons. The van der Waals surface area contributed by atoms with Crippen molar-refractivity contribution in [2.24, 2.45) is 0 Å². The molecule has 0 atom stereocenters. The number of para-hydroxylation sites is 1. The predicted octanol–water partition coefficient (Wildman–Crippen LogP) is 6.04. The first-order valence-corrected chi connectivity index (χ1v) is 11.1. The van der Waals surface area contributed by atoms with E-state index in [-0.39, 0.29) is 17.5 Å². The van der Waals surface area contributed by atoms with Gasteiger partial charge in [-0.25, -0.2) is 14.4 Å². The third kappa shape index (κ3) is 4.91. The monoisotopic (exact) mass is 431 g/mol. The molecule has 0 saturated heterocycles. The van der Waals surface area contributed by atoms with Gasteiger partial charge in [0.15, 0.2) is 5.82 Å². The minimum Gasteiger partial charge on any atom is -0.325 e. The Bertz CT molecular complexity index is 1240. The van der Waals surface area contributed by atoms with Crippen molar-refractivity contribution in [1.82, 2.24) is 9.97 Å². The first kappa shape index (κ1) is 21.0.